The summed E-state index contributed by atoms with van der Waals surface area (Å²) in [7, 11) is 0. The molecule has 0 spiro atoms. The molecular weight excluding hydrogens is 356 g/mol. The largest absolute Gasteiger partial charge is 0.454 e. The fourth-order valence-corrected chi connectivity index (χ4v) is 5.65. The molecule has 6 nitrogen and oxygen atoms in total. The SMILES string of the molecule is O=C(OC1C2CC(C3CCCC32)C1OC(=O)c1cccnc1)c1cccnc1. The monoisotopic (exact) mass is 378 g/mol. The van der Waals surface area contributed by atoms with E-state index in [1.165, 1.54) is 31.7 Å². The second-order valence-electron chi connectivity index (χ2n) is 8.05. The van der Waals surface area contributed by atoms with Gasteiger partial charge < -0.3 is 9.47 Å². The number of carbonyl (C=O) groups excluding carboxylic acids is 2. The van der Waals surface area contributed by atoms with Crippen LogP contribution in [0.15, 0.2) is 49.1 Å². The Hall–Kier alpha value is -2.76. The van der Waals surface area contributed by atoms with Crippen LogP contribution in [0.1, 0.15) is 46.4 Å². The van der Waals surface area contributed by atoms with Crippen LogP contribution in [0.25, 0.3) is 0 Å². The van der Waals surface area contributed by atoms with E-state index >= 15 is 0 Å². The van der Waals surface area contributed by atoms with Crippen molar-refractivity contribution in [2.24, 2.45) is 23.7 Å². The van der Waals surface area contributed by atoms with Gasteiger partial charge in [-0.3, -0.25) is 9.97 Å². The smallest absolute Gasteiger partial charge is 0.340 e. The minimum atomic E-state index is -0.400. The Morgan fingerprint density at radius 3 is 1.71 bits per heavy atom. The summed E-state index contributed by atoms with van der Waals surface area (Å²) >= 11 is 0. The van der Waals surface area contributed by atoms with Crippen LogP contribution >= 0.6 is 0 Å². The molecule has 3 aliphatic carbocycles. The van der Waals surface area contributed by atoms with Gasteiger partial charge in [-0.05, 0) is 55.4 Å². The molecule has 6 heteroatoms. The second-order valence-corrected chi connectivity index (χ2v) is 8.05. The van der Waals surface area contributed by atoms with Crippen LogP contribution in [0.3, 0.4) is 0 Å². The molecule has 0 radical (unpaired) electrons. The van der Waals surface area contributed by atoms with Crippen LogP contribution in [0.2, 0.25) is 0 Å². The highest BCUT2D eigenvalue weighted by Crippen LogP contribution is 2.60. The number of rotatable bonds is 4. The molecule has 6 atom stereocenters. The number of fused-ring (bicyclic) bond motifs is 5. The fraction of sp³-hybridized carbons (Fsp3) is 0.455. The van der Waals surface area contributed by atoms with Crippen molar-refractivity contribution in [1.29, 1.82) is 0 Å². The highest BCUT2D eigenvalue weighted by molar-refractivity contribution is 5.90. The summed E-state index contributed by atoms with van der Waals surface area (Å²) < 4.78 is 11.8. The first-order valence-electron chi connectivity index (χ1n) is 9.94. The zero-order valence-corrected chi connectivity index (χ0v) is 15.4. The molecule has 2 aromatic rings. The third-order valence-corrected chi connectivity index (χ3v) is 6.72. The average Bonchev–Trinajstić information content (AvgIpc) is 3.43. The summed E-state index contributed by atoms with van der Waals surface area (Å²) in [6, 6.07) is 6.81. The number of ether oxygens (including phenoxy) is 2. The maximum atomic E-state index is 12.7. The van der Waals surface area contributed by atoms with Gasteiger partial charge in [0.1, 0.15) is 12.2 Å². The molecule has 3 fully saturated rings. The lowest BCUT2D eigenvalue weighted by Crippen LogP contribution is -2.45. The first-order valence-corrected chi connectivity index (χ1v) is 9.94. The lowest BCUT2D eigenvalue weighted by Gasteiger charge is -2.37. The first kappa shape index (κ1) is 17.3. The molecule has 0 amide bonds. The van der Waals surface area contributed by atoms with Crippen molar-refractivity contribution in [2.45, 2.75) is 37.9 Å². The molecule has 3 aliphatic rings. The van der Waals surface area contributed by atoms with Crippen LogP contribution in [-0.2, 0) is 9.47 Å². The van der Waals surface area contributed by atoms with Crippen molar-refractivity contribution in [3.05, 3.63) is 60.2 Å². The van der Waals surface area contributed by atoms with Crippen LogP contribution in [0.4, 0.5) is 0 Å². The third-order valence-electron chi connectivity index (χ3n) is 6.72. The highest BCUT2D eigenvalue weighted by Gasteiger charge is 2.62. The number of aromatic nitrogens is 2. The molecule has 0 aromatic carbocycles. The van der Waals surface area contributed by atoms with E-state index < -0.39 is 24.1 Å². The maximum absolute atomic E-state index is 12.7. The average molecular weight is 378 g/mol. The summed E-state index contributed by atoms with van der Waals surface area (Å²) in [6.45, 7) is 0. The molecule has 0 saturated heterocycles. The molecule has 2 heterocycles. The second kappa shape index (κ2) is 7.00. The van der Waals surface area contributed by atoms with E-state index in [1.807, 2.05) is 0 Å². The van der Waals surface area contributed by atoms with Gasteiger partial charge >= 0.3 is 11.9 Å². The topological polar surface area (TPSA) is 78.4 Å². The molecule has 0 aliphatic heterocycles. The first-order chi connectivity index (χ1) is 13.7. The van der Waals surface area contributed by atoms with Gasteiger partial charge in [0, 0.05) is 36.6 Å². The minimum absolute atomic E-state index is 0.268. The molecule has 144 valence electrons. The van der Waals surface area contributed by atoms with Crippen molar-refractivity contribution in [1.82, 2.24) is 9.97 Å². The van der Waals surface area contributed by atoms with Gasteiger partial charge in [0.05, 0.1) is 11.1 Å². The Bertz CT molecular complexity index is 801. The van der Waals surface area contributed by atoms with Gasteiger partial charge in [0.15, 0.2) is 0 Å². The van der Waals surface area contributed by atoms with Crippen molar-refractivity contribution in [3.63, 3.8) is 0 Å². The molecule has 3 saturated carbocycles. The van der Waals surface area contributed by atoms with Gasteiger partial charge in [-0.25, -0.2) is 9.59 Å². The summed E-state index contributed by atoms with van der Waals surface area (Å²) in [5.41, 5.74) is 0.844. The van der Waals surface area contributed by atoms with E-state index in [9.17, 15) is 9.59 Å². The standard InChI is InChI=1S/C22H22N2O4/c25-21(13-4-2-8-23-11-13)27-19-17-10-18(16-7-1-6-15(16)17)20(19)28-22(26)14-5-3-9-24-12-14/h2-5,8-9,11-12,15-20H,1,6-7,10H2. The quantitative estimate of drug-likeness (QED) is 0.760. The molecule has 0 N–H and O–H groups in total. The number of nitrogens with zero attached hydrogens (tertiary/aromatic N) is 2. The van der Waals surface area contributed by atoms with E-state index in [1.54, 1.807) is 36.7 Å². The summed E-state index contributed by atoms with van der Waals surface area (Å²) in [5.74, 6) is 0.884. The summed E-state index contributed by atoms with van der Waals surface area (Å²) in [4.78, 5) is 33.3. The normalized spacial score (nSPS) is 32.7. The number of hydrogen-bond donors (Lipinski definition) is 0. The molecule has 28 heavy (non-hydrogen) atoms. The zero-order valence-electron chi connectivity index (χ0n) is 15.4. The maximum Gasteiger partial charge on any atom is 0.340 e. The zero-order chi connectivity index (χ0) is 19.1. The molecule has 6 unspecified atom stereocenters. The van der Waals surface area contributed by atoms with E-state index in [4.69, 9.17) is 9.47 Å². The van der Waals surface area contributed by atoms with E-state index in [-0.39, 0.29) is 11.8 Å². The van der Waals surface area contributed by atoms with Gasteiger partial charge in [-0.1, -0.05) is 6.42 Å². The predicted molar refractivity (Wildman–Crippen MR) is 99.3 cm³/mol. The molecule has 5 rings (SSSR count). The fourth-order valence-electron chi connectivity index (χ4n) is 5.65. The van der Waals surface area contributed by atoms with Crippen LogP contribution in [0, 0.1) is 23.7 Å². The Morgan fingerprint density at radius 1 is 0.786 bits per heavy atom. The lowest BCUT2D eigenvalue weighted by molar-refractivity contribution is -0.0767. The van der Waals surface area contributed by atoms with Crippen LogP contribution < -0.4 is 0 Å². The number of pyridine rings is 2. The van der Waals surface area contributed by atoms with Gasteiger partial charge in [-0.2, -0.15) is 0 Å². The predicted octanol–water partition coefficient (Wildman–Crippen LogP) is 3.29. The number of carbonyl (C=O) groups is 2. The Kier molecular flexibility index (Phi) is 4.34. The number of esters is 2. The van der Waals surface area contributed by atoms with E-state index in [2.05, 4.69) is 9.97 Å². The summed E-state index contributed by atoms with van der Waals surface area (Å²) in [6.07, 6.45) is 9.99. The Balaban J connectivity index is 1.38. The number of hydrogen-bond acceptors (Lipinski definition) is 6. The molecule has 2 aromatic heterocycles. The lowest BCUT2D eigenvalue weighted by atomic mass is 9.78. The summed E-state index contributed by atoms with van der Waals surface area (Å²) in [5, 5.41) is 0. The highest BCUT2D eigenvalue weighted by atomic mass is 16.6. The van der Waals surface area contributed by atoms with E-state index in [0.29, 0.717) is 23.0 Å². The van der Waals surface area contributed by atoms with Crippen LogP contribution in [0.5, 0.6) is 0 Å². The van der Waals surface area contributed by atoms with Gasteiger partial charge in [0.2, 0.25) is 0 Å². The van der Waals surface area contributed by atoms with Gasteiger partial charge in [-0.15, -0.1) is 0 Å². The van der Waals surface area contributed by atoms with E-state index in [0.717, 1.165) is 6.42 Å². The Morgan fingerprint density at radius 2 is 1.29 bits per heavy atom. The molecule has 2 bridgehead atoms. The Labute approximate surface area is 163 Å². The van der Waals surface area contributed by atoms with Crippen molar-refractivity contribution in [3.8, 4) is 0 Å². The van der Waals surface area contributed by atoms with Crippen molar-refractivity contribution >= 4 is 11.9 Å². The molecular formula is C22H22N2O4. The van der Waals surface area contributed by atoms with Crippen LogP contribution in [-0.4, -0.2) is 34.1 Å². The third kappa shape index (κ3) is 2.87. The minimum Gasteiger partial charge on any atom is -0.454 e. The van der Waals surface area contributed by atoms with Crippen molar-refractivity contribution < 1.29 is 19.1 Å². The van der Waals surface area contributed by atoms with Gasteiger partial charge in [0.25, 0.3) is 0 Å². The van der Waals surface area contributed by atoms with Crippen molar-refractivity contribution in [2.75, 3.05) is 0 Å².